The molecule has 0 saturated carbocycles. The van der Waals surface area contributed by atoms with Gasteiger partial charge in [0.15, 0.2) is 0 Å². The molecule has 2 heterocycles. The van der Waals surface area contributed by atoms with Crippen molar-refractivity contribution in [2.75, 3.05) is 0 Å². The average Bonchev–Trinajstić information content (AvgIpc) is 3.91. The summed E-state index contributed by atoms with van der Waals surface area (Å²) in [5.41, 5.74) is 14.9. The molecular formula is C60H34S2. The summed E-state index contributed by atoms with van der Waals surface area (Å²) >= 11 is 3.75. The Balaban J connectivity index is 1.07. The Kier molecular flexibility index (Phi) is 7.24. The van der Waals surface area contributed by atoms with Crippen LogP contribution in [0.25, 0.3) is 139 Å². The lowest BCUT2D eigenvalue weighted by Crippen LogP contribution is -1.99. The Morgan fingerprint density at radius 1 is 0.177 bits per heavy atom. The second-order valence-corrected chi connectivity index (χ2v) is 18.9. The number of hydrogen-bond acceptors (Lipinski definition) is 2. The molecule has 0 bridgehead atoms. The van der Waals surface area contributed by atoms with Gasteiger partial charge in [0.25, 0.3) is 0 Å². The van der Waals surface area contributed by atoms with Gasteiger partial charge in [-0.2, -0.15) is 0 Å². The van der Waals surface area contributed by atoms with Crippen molar-refractivity contribution < 1.29 is 0 Å². The van der Waals surface area contributed by atoms with Gasteiger partial charge in [0, 0.05) is 40.3 Å². The normalized spacial score (nSPS) is 12.2. The standard InChI is InChI=1S/C60H34S2/c1-3-13-41-39(11-1)40-12-2-4-14-42(40)52-34-54-46-26-22-36(38-24-28-60-56(32-38)48-18-8-10-20-58(48)62-60)30-50(46)44-16-6-5-15-43(44)49-29-35(21-25-45(49)53(54)33-51(41)52)37-23-27-59-55(31-37)47-17-7-9-19-57(47)61-59/h1-34H. The van der Waals surface area contributed by atoms with Gasteiger partial charge in [0.1, 0.15) is 0 Å². The summed E-state index contributed by atoms with van der Waals surface area (Å²) in [6, 6.07) is 78.0. The SMILES string of the molecule is c1ccc2c(c1)-c1cc(-c3ccc4sc5ccccc5c4c3)ccc1-c1cc3c4ccccc4c4ccccc4c3cc1-c1ccc(-c3ccc4sc5ccccc5c4c3)cc1-2. The summed E-state index contributed by atoms with van der Waals surface area (Å²) in [6.07, 6.45) is 0. The third-order valence-electron chi connectivity index (χ3n) is 13.4. The van der Waals surface area contributed by atoms with E-state index in [9.17, 15) is 0 Å². The Morgan fingerprint density at radius 3 is 0.935 bits per heavy atom. The van der Waals surface area contributed by atoms with E-state index < -0.39 is 0 Å². The molecule has 1 aliphatic rings. The monoisotopic (exact) mass is 818 g/mol. The molecule has 0 nitrogen and oxygen atoms in total. The molecule has 0 atom stereocenters. The van der Waals surface area contributed by atoms with Gasteiger partial charge in [-0.1, -0.05) is 146 Å². The predicted molar refractivity (Wildman–Crippen MR) is 271 cm³/mol. The average molecular weight is 819 g/mol. The fourth-order valence-electron chi connectivity index (χ4n) is 10.5. The second kappa shape index (κ2) is 13.1. The van der Waals surface area contributed by atoms with Crippen LogP contribution >= 0.6 is 22.7 Å². The van der Waals surface area contributed by atoms with E-state index in [1.54, 1.807) is 0 Å². The van der Waals surface area contributed by atoms with Gasteiger partial charge in [-0.15, -0.1) is 22.7 Å². The van der Waals surface area contributed by atoms with Gasteiger partial charge in [0.2, 0.25) is 0 Å². The largest absolute Gasteiger partial charge is 0.135 e. The van der Waals surface area contributed by atoms with Crippen molar-refractivity contribution in [2.45, 2.75) is 0 Å². The Labute approximate surface area is 366 Å². The highest BCUT2D eigenvalue weighted by Gasteiger charge is 2.25. The van der Waals surface area contributed by atoms with Crippen LogP contribution in [0.1, 0.15) is 0 Å². The van der Waals surface area contributed by atoms with Crippen LogP contribution in [0.15, 0.2) is 206 Å². The van der Waals surface area contributed by atoms with Crippen molar-refractivity contribution >= 4 is 95.3 Å². The molecule has 0 amide bonds. The van der Waals surface area contributed by atoms with Crippen LogP contribution < -0.4 is 0 Å². The second-order valence-electron chi connectivity index (χ2n) is 16.7. The zero-order valence-corrected chi connectivity index (χ0v) is 35.1. The van der Waals surface area contributed by atoms with E-state index in [2.05, 4.69) is 206 Å². The number of rotatable bonds is 2. The smallest absolute Gasteiger partial charge is 0.0355 e. The molecule has 14 rings (SSSR count). The molecule has 1 aliphatic carbocycles. The van der Waals surface area contributed by atoms with Gasteiger partial charge in [-0.3, -0.25) is 0 Å². The van der Waals surface area contributed by atoms with Crippen LogP contribution in [0.4, 0.5) is 0 Å². The summed E-state index contributed by atoms with van der Waals surface area (Å²) in [5, 5.41) is 13.0. The molecule has 11 aromatic carbocycles. The van der Waals surface area contributed by atoms with Crippen molar-refractivity contribution in [2.24, 2.45) is 0 Å². The first kappa shape index (κ1) is 34.4. The highest BCUT2D eigenvalue weighted by Crippen LogP contribution is 2.52. The third-order valence-corrected chi connectivity index (χ3v) is 15.7. The fourth-order valence-corrected chi connectivity index (χ4v) is 12.7. The van der Waals surface area contributed by atoms with Crippen LogP contribution in [0, 0.1) is 0 Å². The molecule has 2 heteroatoms. The summed E-state index contributed by atoms with van der Waals surface area (Å²) in [4.78, 5) is 0. The first-order valence-corrected chi connectivity index (χ1v) is 22.9. The molecule has 2 aromatic heterocycles. The van der Waals surface area contributed by atoms with Crippen molar-refractivity contribution in [1.82, 2.24) is 0 Å². The lowest BCUT2D eigenvalue weighted by atomic mass is 9.78. The molecule has 13 aromatic rings. The minimum absolute atomic E-state index is 1.22. The van der Waals surface area contributed by atoms with Crippen LogP contribution in [-0.2, 0) is 0 Å². The minimum Gasteiger partial charge on any atom is -0.135 e. The van der Waals surface area contributed by atoms with E-state index in [1.807, 2.05) is 22.7 Å². The van der Waals surface area contributed by atoms with Gasteiger partial charge >= 0.3 is 0 Å². The number of benzene rings is 11. The molecule has 0 fully saturated rings. The molecule has 286 valence electrons. The Bertz CT molecular complexity index is 3780. The van der Waals surface area contributed by atoms with Crippen LogP contribution in [0.5, 0.6) is 0 Å². The highest BCUT2D eigenvalue weighted by molar-refractivity contribution is 7.26. The van der Waals surface area contributed by atoms with Crippen molar-refractivity contribution in [3.05, 3.63) is 206 Å². The lowest BCUT2D eigenvalue weighted by Gasteiger charge is -2.25. The summed E-state index contributed by atoms with van der Waals surface area (Å²) in [6.45, 7) is 0. The van der Waals surface area contributed by atoms with E-state index >= 15 is 0 Å². The van der Waals surface area contributed by atoms with Gasteiger partial charge in [-0.25, -0.2) is 0 Å². The van der Waals surface area contributed by atoms with E-state index in [1.165, 1.54) is 139 Å². The lowest BCUT2D eigenvalue weighted by molar-refractivity contribution is 1.53. The quantitative estimate of drug-likeness (QED) is 0.152. The predicted octanol–water partition coefficient (Wildman–Crippen LogP) is 18.2. The van der Waals surface area contributed by atoms with Gasteiger partial charge in [0.05, 0.1) is 0 Å². The molecule has 0 radical (unpaired) electrons. The molecule has 0 spiro atoms. The minimum atomic E-state index is 1.22. The molecule has 62 heavy (non-hydrogen) atoms. The maximum Gasteiger partial charge on any atom is 0.0355 e. The van der Waals surface area contributed by atoms with Crippen LogP contribution in [0.2, 0.25) is 0 Å². The van der Waals surface area contributed by atoms with E-state index in [0.29, 0.717) is 0 Å². The number of fused-ring (bicyclic) bond motifs is 20. The van der Waals surface area contributed by atoms with E-state index in [0.717, 1.165) is 0 Å². The maximum atomic E-state index is 2.50. The van der Waals surface area contributed by atoms with Crippen molar-refractivity contribution in [1.29, 1.82) is 0 Å². The van der Waals surface area contributed by atoms with E-state index in [-0.39, 0.29) is 0 Å². The zero-order valence-electron chi connectivity index (χ0n) is 33.4. The Hall–Kier alpha value is -7.36. The zero-order chi connectivity index (χ0) is 40.5. The first-order valence-electron chi connectivity index (χ1n) is 21.3. The molecule has 0 aliphatic heterocycles. The summed E-state index contributed by atoms with van der Waals surface area (Å²) < 4.78 is 5.31. The van der Waals surface area contributed by atoms with Crippen molar-refractivity contribution in [3.8, 4) is 66.8 Å². The number of hydrogen-bond donors (Lipinski definition) is 0. The summed E-state index contributed by atoms with van der Waals surface area (Å²) in [5.74, 6) is 0. The first-order chi connectivity index (χ1) is 30.7. The molecule has 0 unspecified atom stereocenters. The molecular weight excluding hydrogens is 785 g/mol. The van der Waals surface area contributed by atoms with Crippen molar-refractivity contribution in [3.63, 3.8) is 0 Å². The number of thiophene rings is 2. The van der Waals surface area contributed by atoms with Crippen LogP contribution in [-0.4, -0.2) is 0 Å². The summed E-state index contributed by atoms with van der Waals surface area (Å²) in [7, 11) is 0. The Morgan fingerprint density at radius 2 is 0.484 bits per heavy atom. The maximum absolute atomic E-state index is 2.50. The van der Waals surface area contributed by atoms with Gasteiger partial charge in [-0.05, 0) is 160 Å². The topological polar surface area (TPSA) is 0 Å². The van der Waals surface area contributed by atoms with E-state index in [4.69, 9.17) is 0 Å². The molecule has 0 N–H and O–H groups in total. The third kappa shape index (κ3) is 4.99. The highest BCUT2D eigenvalue weighted by atomic mass is 32.1. The molecule has 0 saturated heterocycles. The van der Waals surface area contributed by atoms with Crippen LogP contribution in [0.3, 0.4) is 0 Å². The fraction of sp³-hybridized carbons (Fsp3) is 0. The van der Waals surface area contributed by atoms with Gasteiger partial charge < -0.3 is 0 Å².